The molecule has 12 heavy (non-hydrogen) atoms. The smallest absolute Gasteiger partial charge is 0.212 e. The number of ether oxygens (including phenoxy) is 1. The Hall–Kier alpha value is -0.0900. The highest BCUT2D eigenvalue weighted by Crippen LogP contribution is 2.12. The molecule has 0 heterocycles. The number of nitrogens with zero attached hydrogens (tertiary/aromatic N) is 1. The van der Waals surface area contributed by atoms with Crippen molar-refractivity contribution in [3.63, 3.8) is 0 Å². The molecule has 5 heteroatoms. The monoisotopic (exact) mass is 211 g/mol. The van der Waals surface area contributed by atoms with Crippen LogP contribution in [-0.2, 0) is 15.7 Å². The van der Waals surface area contributed by atoms with Gasteiger partial charge >= 0.3 is 0 Å². The molecule has 0 unspecified atom stereocenters. The lowest BCUT2D eigenvalue weighted by atomic mass is 10.3. The summed E-state index contributed by atoms with van der Waals surface area (Å²) in [7, 11) is 0.171. The van der Waals surface area contributed by atoms with Crippen LogP contribution in [0.1, 0.15) is 20.8 Å². The van der Waals surface area contributed by atoms with Crippen LogP contribution in [0.2, 0.25) is 0 Å². The molecular formula is C7H14ClNO2S. The topological polar surface area (TPSA) is 38.7 Å². The summed E-state index contributed by atoms with van der Waals surface area (Å²) < 4.78 is 19.6. The number of methoxy groups -OCH3 is 1. The summed E-state index contributed by atoms with van der Waals surface area (Å²) >= 11 is 5.47. The zero-order valence-corrected chi connectivity index (χ0v) is 9.33. The molecule has 0 aromatic rings. The predicted octanol–water partition coefficient (Wildman–Crippen LogP) is 1.73. The quantitative estimate of drug-likeness (QED) is 0.397. The van der Waals surface area contributed by atoms with E-state index in [0.29, 0.717) is 5.90 Å². The SMILES string of the molecule is COC(CCl)=N[S@@](=O)C(C)(C)C. The Kier molecular flexibility index (Phi) is 4.78. The van der Waals surface area contributed by atoms with Crippen LogP contribution in [0.4, 0.5) is 0 Å². The third-order valence-corrected chi connectivity index (χ3v) is 2.70. The molecule has 0 fully saturated rings. The first-order valence-corrected chi connectivity index (χ1v) is 5.15. The van der Waals surface area contributed by atoms with Gasteiger partial charge in [-0.15, -0.1) is 11.6 Å². The molecule has 0 saturated heterocycles. The Bertz CT molecular complexity index is 192. The van der Waals surface area contributed by atoms with E-state index >= 15 is 0 Å². The first kappa shape index (κ1) is 11.9. The average molecular weight is 212 g/mol. The summed E-state index contributed by atoms with van der Waals surface area (Å²) in [6.07, 6.45) is 0. The second-order valence-corrected chi connectivity index (χ2v) is 5.36. The fourth-order valence-electron chi connectivity index (χ4n) is 0.346. The van der Waals surface area contributed by atoms with Crippen LogP contribution in [0.3, 0.4) is 0 Å². The molecule has 0 aromatic heterocycles. The van der Waals surface area contributed by atoms with Crippen molar-refractivity contribution in [1.82, 2.24) is 0 Å². The van der Waals surface area contributed by atoms with Gasteiger partial charge in [0.1, 0.15) is 11.0 Å². The molecule has 3 nitrogen and oxygen atoms in total. The van der Waals surface area contributed by atoms with Gasteiger partial charge in [-0.2, -0.15) is 4.40 Å². The van der Waals surface area contributed by atoms with Gasteiger partial charge in [0.2, 0.25) is 5.90 Å². The minimum atomic E-state index is -1.29. The van der Waals surface area contributed by atoms with Crippen LogP contribution in [0.15, 0.2) is 4.40 Å². The molecule has 72 valence electrons. The molecule has 0 amide bonds. The van der Waals surface area contributed by atoms with Crippen LogP contribution >= 0.6 is 11.6 Å². The van der Waals surface area contributed by atoms with Gasteiger partial charge in [-0.3, -0.25) is 0 Å². The van der Waals surface area contributed by atoms with E-state index in [0.717, 1.165) is 0 Å². The van der Waals surface area contributed by atoms with Crippen molar-refractivity contribution in [2.45, 2.75) is 25.5 Å². The van der Waals surface area contributed by atoms with E-state index in [1.807, 2.05) is 20.8 Å². The lowest BCUT2D eigenvalue weighted by molar-refractivity contribution is 0.402. The van der Waals surface area contributed by atoms with Crippen molar-refractivity contribution >= 4 is 28.5 Å². The van der Waals surface area contributed by atoms with E-state index in [2.05, 4.69) is 4.40 Å². The van der Waals surface area contributed by atoms with Gasteiger partial charge in [-0.1, -0.05) is 0 Å². The molecule has 0 saturated carbocycles. The van der Waals surface area contributed by atoms with E-state index < -0.39 is 11.0 Å². The third kappa shape index (κ3) is 4.07. The molecule has 0 bridgehead atoms. The van der Waals surface area contributed by atoms with Crippen LogP contribution in [0.25, 0.3) is 0 Å². The second kappa shape index (κ2) is 4.82. The average Bonchev–Trinajstić information content (AvgIpc) is 1.97. The normalized spacial score (nSPS) is 15.9. The molecule has 0 aromatic carbocycles. The van der Waals surface area contributed by atoms with Crippen LogP contribution in [0.5, 0.6) is 0 Å². The van der Waals surface area contributed by atoms with E-state index in [1.165, 1.54) is 7.11 Å². The van der Waals surface area contributed by atoms with Gasteiger partial charge < -0.3 is 4.74 Å². The Balaban J connectivity index is 4.42. The van der Waals surface area contributed by atoms with Crippen LogP contribution < -0.4 is 0 Å². The lowest BCUT2D eigenvalue weighted by Crippen LogP contribution is -2.21. The molecule has 0 aliphatic carbocycles. The third-order valence-electron chi connectivity index (χ3n) is 1.06. The first-order chi connectivity index (χ1) is 5.41. The van der Waals surface area contributed by atoms with Gasteiger partial charge in [-0.05, 0) is 20.8 Å². The Labute approximate surface area is 80.8 Å². The van der Waals surface area contributed by atoms with E-state index in [-0.39, 0.29) is 10.6 Å². The highest BCUT2D eigenvalue weighted by Gasteiger charge is 2.19. The van der Waals surface area contributed by atoms with E-state index in [1.54, 1.807) is 0 Å². The van der Waals surface area contributed by atoms with Gasteiger partial charge in [-0.25, -0.2) is 4.21 Å². The Morgan fingerprint density at radius 2 is 2.08 bits per heavy atom. The van der Waals surface area contributed by atoms with Crippen molar-refractivity contribution in [1.29, 1.82) is 0 Å². The molecule has 1 atom stereocenters. The largest absolute Gasteiger partial charge is 0.483 e. The minimum absolute atomic E-state index is 0.151. The summed E-state index contributed by atoms with van der Waals surface area (Å²) in [5.74, 6) is 0.461. The van der Waals surface area contributed by atoms with Gasteiger partial charge in [0.25, 0.3) is 0 Å². The van der Waals surface area contributed by atoms with Gasteiger partial charge in [0, 0.05) is 0 Å². The molecule has 0 N–H and O–H groups in total. The zero-order valence-electron chi connectivity index (χ0n) is 7.76. The predicted molar refractivity (Wildman–Crippen MR) is 53.1 cm³/mol. The molecule has 0 aliphatic rings. The van der Waals surface area contributed by atoms with Gasteiger partial charge in [0.15, 0.2) is 0 Å². The van der Waals surface area contributed by atoms with Crippen molar-refractivity contribution in [3.8, 4) is 0 Å². The number of alkyl halides is 1. The standard InChI is InChI=1S/C7H14ClNO2S/c1-7(2,3)12(10)9-6(5-8)11-4/h5H2,1-4H3/t12-/m0/s1. The number of hydrogen-bond acceptors (Lipinski definition) is 2. The minimum Gasteiger partial charge on any atom is -0.483 e. The molecule has 0 radical (unpaired) electrons. The number of halogens is 1. The Morgan fingerprint density at radius 1 is 1.58 bits per heavy atom. The molecule has 0 rings (SSSR count). The fraction of sp³-hybridized carbons (Fsp3) is 0.857. The molecule has 0 spiro atoms. The fourth-order valence-corrected chi connectivity index (χ4v) is 1.18. The van der Waals surface area contributed by atoms with Crippen LogP contribution in [-0.4, -0.2) is 27.8 Å². The van der Waals surface area contributed by atoms with Crippen molar-refractivity contribution in [2.24, 2.45) is 4.40 Å². The Morgan fingerprint density at radius 3 is 2.33 bits per heavy atom. The van der Waals surface area contributed by atoms with Gasteiger partial charge in [0.05, 0.1) is 17.7 Å². The summed E-state index contributed by atoms with van der Waals surface area (Å²) in [5.41, 5.74) is 0. The highest BCUT2D eigenvalue weighted by atomic mass is 35.5. The van der Waals surface area contributed by atoms with Crippen molar-refractivity contribution < 1.29 is 8.95 Å². The first-order valence-electron chi connectivity index (χ1n) is 3.51. The highest BCUT2D eigenvalue weighted by molar-refractivity contribution is 7.85. The molecular weight excluding hydrogens is 198 g/mol. The maximum atomic E-state index is 11.4. The van der Waals surface area contributed by atoms with Crippen LogP contribution in [0, 0.1) is 0 Å². The van der Waals surface area contributed by atoms with Crippen molar-refractivity contribution in [2.75, 3.05) is 13.0 Å². The summed E-state index contributed by atoms with van der Waals surface area (Å²) in [6, 6.07) is 0. The van der Waals surface area contributed by atoms with E-state index in [9.17, 15) is 4.21 Å². The lowest BCUT2D eigenvalue weighted by Gasteiger charge is -2.13. The second-order valence-electron chi connectivity index (χ2n) is 3.18. The number of hydrogen-bond donors (Lipinski definition) is 0. The summed E-state index contributed by atoms with van der Waals surface area (Å²) in [6.45, 7) is 5.52. The maximum Gasteiger partial charge on any atom is 0.212 e. The number of rotatable bonds is 2. The zero-order chi connectivity index (χ0) is 9.78. The summed E-state index contributed by atoms with van der Waals surface area (Å²) in [5, 5.41) is 0. The molecule has 0 aliphatic heterocycles. The van der Waals surface area contributed by atoms with Crippen molar-refractivity contribution in [3.05, 3.63) is 0 Å². The summed E-state index contributed by atoms with van der Waals surface area (Å²) in [4.78, 5) is 0. The maximum absolute atomic E-state index is 11.4. The van der Waals surface area contributed by atoms with E-state index in [4.69, 9.17) is 16.3 Å².